The van der Waals surface area contributed by atoms with Gasteiger partial charge in [0.05, 0.1) is 0 Å². The molecular formula is C3H8F3NOS. The van der Waals surface area contributed by atoms with Gasteiger partial charge in [-0.3, -0.25) is 4.31 Å². The first-order chi connectivity index (χ1) is 3.73. The van der Waals surface area contributed by atoms with Crippen LogP contribution in [0.3, 0.4) is 0 Å². The third kappa shape index (κ3) is 82200. The quantitative estimate of drug-likeness (QED) is 0.518. The number of hydrogen-bond acceptors (Lipinski definition) is 3. The van der Waals surface area contributed by atoms with Gasteiger partial charge >= 0.3 is 6.36 Å². The van der Waals surface area contributed by atoms with Crippen molar-refractivity contribution in [2.75, 3.05) is 14.1 Å². The Hall–Kier alpha value is 0.0600. The van der Waals surface area contributed by atoms with Crippen LogP contribution in [0.1, 0.15) is 0 Å². The molecule has 0 unspecified atom stereocenters. The first kappa shape index (κ1) is 11.8. The highest BCUT2D eigenvalue weighted by Gasteiger charge is 2.20. The van der Waals surface area contributed by atoms with Gasteiger partial charge in [-0.25, -0.2) is 0 Å². The molecule has 0 rings (SSSR count). The van der Waals surface area contributed by atoms with Crippen LogP contribution in [0.25, 0.3) is 0 Å². The Labute approximate surface area is 56.8 Å². The minimum Gasteiger partial charge on any atom is -0.308 e. The van der Waals surface area contributed by atoms with Crippen LogP contribution in [-0.4, -0.2) is 29.9 Å². The fourth-order valence-electron chi connectivity index (χ4n) is 0. The molecule has 0 fully saturated rings. The van der Waals surface area contributed by atoms with Gasteiger partial charge in [0.1, 0.15) is 0 Å². The van der Waals surface area contributed by atoms with E-state index < -0.39 is 6.36 Å². The first-order valence-corrected chi connectivity index (χ1v) is 2.28. The van der Waals surface area contributed by atoms with Gasteiger partial charge in [-0.2, -0.15) is 0 Å². The van der Waals surface area contributed by atoms with Crippen molar-refractivity contribution in [2.24, 2.45) is 0 Å². The molecule has 0 aliphatic heterocycles. The summed E-state index contributed by atoms with van der Waals surface area (Å²) in [4.78, 5) is 0. The summed E-state index contributed by atoms with van der Waals surface area (Å²) in [7, 11) is 3.73. The third-order valence-corrected chi connectivity index (χ3v) is 0. The van der Waals surface area contributed by atoms with E-state index in [1.165, 1.54) is 0 Å². The average Bonchev–Trinajstić information content (AvgIpc) is 1.19. The Balaban J connectivity index is 0. The Morgan fingerprint density at radius 1 is 1.33 bits per heavy atom. The van der Waals surface area contributed by atoms with Crippen LogP contribution in [0, 0.1) is 0 Å². The molecule has 0 spiro atoms. The number of nitrogens with zero attached hydrogens (tertiary/aromatic N) is 1. The van der Waals surface area contributed by atoms with Gasteiger partial charge in [-0.1, -0.05) is 12.8 Å². The fourth-order valence-corrected chi connectivity index (χ4v) is 0. The number of rotatable bonds is 0. The molecule has 0 aliphatic rings. The summed E-state index contributed by atoms with van der Waals surface area (Å²) in [6.45, 7) is 0. The van der Waals surface area contributed by atoms with Crippen molar-refractivity contribution in [2.45, 2.75) is 6.36 Å². The minimum atomic E-state index is -5.00. The van der Waals surface area contributed by atoms with E-state index in [2.05, 4.69) is 12.8 Å². The van der Waals surface area contributed by atoms with E-state index in [9.17, 15) is 13.2 Å². The summed E-state index contributed by atoms with van der Waals surface area (Å²) < 4.78 is 31.4. The molecule has 2 nitrogen and oxygen atoms in total. The summed E-state index contributed by atoms with van der Waals surface area (Å²) >= 11 is 3.80. The lowest BCUT2D eigenvalue weighted by molar-refractivity contribution is -0.295. The van der Waals surface area contributed by atoms with Gasteiger partial charge < -0.3 is 5.11 Å². The topological polar surface area (TPSA) is 23.5 Å². The van der Waals surface area contributed by atoms with Crippen molar-refractivity contribution >= 4 is 12.8 Å². The van der Waals surface area contributed by atoms with Crippen molar-refractivity contribution < 1.29 is 18.3 Å². The lowest BCUT2D eigenvalue weighted by Crippen LogP contribution is -2.01. The van der Waals surface area contributed by atoms with E-state index in [1.807, 2.05) is 14.1 Å². The lowest BCUT2D eigenvalue weighted by atomic mass is 11.3. The highest BCUT2D eigenvalue weighted by Crippen LogP contribution is 2.06. The molecule has 6 heteroatoms. The van der Waals surface area contributed by atoms with Crippen molar-refractivity contribution in [3.63, 3.8) is 0 Å². The van der Waals surface area contributed by atoms with Crippen LogP contribution < -0.4 is 0 Å². The average molecular weight is 163 g/mol. The number of aliphatic hydroxyl groups is 1. The number of hydrogen-bond donors (Lipinski definition) is 2. The molecule has 0 saturated carbocycles. The van der Waals surface area contributed by atoms with Gasteiger partial charge in [-0.05, 0) is 14.1 Å². The van der Waals surface area contributed by atoms with Crippen LogP contribution in [0.2, 0.25) is 0 Å². The van der Waals surface area contributed by atoms with Gasteiger partial charge in [-0.15, -0.1) is 13.2 Å². The molecule has 0 aromatic heterocycles. The van der Waals surface area contributed by atoms with E-state index in [0.29, 0.717) is 0 Å². The molecule has 0 saturated heterocycles. The predicted molar refractivity (Wildman–Crippen MR) is 30.9 cm³/mol. The second-order valence-corrected chi connectivity index (χ2v) is 2.12. The molecule has 0 aromatic rings. The smallest absolute Gasteiger partial charge is 0.308 e. The highest BCUT2D eigenvalue weighted by atomic mass is 32.1. The fraction of sp³-hybridized carbons (Fsp3) is 1.00. The predicted octanol–water partition coefficient (Wildman–Crippen LogP) is 0.891. The van der Waals surface area contributed by atoms with Crippen molar-refractivity contribution in [3.05, 3.63) is 0 Å². The molecule has 58 valence electrons. The zero-order valence-corrected chi connectivity index (χ0v) is 5.87. The summed E-state index contributed by atoms with van der Waals surface area (Å²) in [6.07, 6.45) is -5.00. The minimum absolute atomic E-state index is 1.69. The lowest BCUT2D eigenvalue weighted by Gasteiger charge is -1.88. The van der Waals surface area contributed by atoms with E-state index >= 15 is 0 Å². The molecule has 0 heterocycles. The van der Waals surface area contributed by atoms with Gasteiger partial charge in [0.25, 0.3) is 0 Å². The molecule has 0 amide bonds. The van der Waals surface area contributed by atoms with Crippen molar-refractivity contribution in [1.82, 2.24) is 4.31 Å². The molecule has 0 radical (unpaired) electrons. The monoisotopic (exact) mass is 163 g/mol. The normalized spacial score (nSPS) is 10.7. The Bertz CT molecular complexity index is 55.8. The second kappa shape index (κ2) is 4.89. The summed E-state index contributed by atoms with van der Waals surface area (Å²) in [5, 5.41) is 6.52. The van der Waals surface area contributed by atoms with Gasteiger partial charge in [0, 0.05) is 0 Å². The second-order valence-electron chi connectivity index (χ2n) is 1.32. The summed E-state index contributed by atoms with van der Waals surface area (Å²) in [5.41, 5.74) is 0. The largest absolute Gasteiger partial charge is 0.519 e. The summed E-state index contributed by atoms with van der Waals surface area (Å²) in [5.74, 6) is 0. The molecule has 9 heavy (non-hydrogen) atoms. The maximum atomic E-state index is 9.91. The summed E-state index contributed by atoms with van der Waals surface area (Å²) in [6, 6.07) is 0. The van der Waals surface area contributed by atoms with Crippen LogP contribution in [0.4, 0.5) is 13.2 Å². The number of halogens is 3. The van der Waals surface area contributed by atoms with Crippen molar-refractivity contribution in [3.8, 4) is 0 Å². The van der Waals surface area contributed by atoms with Gasteiger partial charge in [0.15, 0.2) is 0 Å². The van der Waals surface area contributed by atoms with Gasteiger partial charge in [0.2, 0.25) is 0 Å². The van der Waals surface area contributed by atoms with Crippen LogP contribution in [0.15, 0.2) is 0 Å². The van der Waals surface area contributed by atoms with E-state index in [4.69, 9.17) is 5.11 Å². The Morgan fingerprint density at radius 2 is 1.33 bits per heavy atom. The molecular weight excluding hydrogens is 155 g/mol. The SMILES string of the molecule is CN(C)S.OC(F)(F)F. The van der Waals surface area contributed by atoms with E-state index in [0.717, 1.165) is 0 Å². The number of thiol groups is 1. The van der Waals surface area contributed by atoms with Crippen LogP contribution >= 0.6 is 12.8 Å². The third-order valence-electron chi connectivity index (χ3n) is 0. The van der Waals surface area contributed by atoms with E-state index in [1.54, 1.807) is 4.31 Å². The molecule has 0 bridgehead atoms. The molecule has 0 atom stereocenters. The van der Waals surface area contributed by atoms with E-state index in [-0.39, 0.29) is 0 Å². The maximum absolute atomic E-state index is 9.91. The van der Waals surface area contributed by atoms with Crippen LogP contribution in [-0.2, 0) is 0 Å². The Morgan fingerprint density at radius 3 is 1.33 bits per heavy atom. The zero-order valence-electron chi connectivity index (χ0n) is 4.98. The molecule has 1 N–H and O–H groups in total. The zero-order chi connectivity index (χ0) is 8.08. The number of alkyl halides is 3. The molecule has 0 aliphatic carbocycles. The first-order valence-electron chi connectivity index (χ1n) is 1.88. The van der Waals surface area contributed by atoms with Crippen molar-refractivity contribution in [1.29, 1.82) is 0 Å². The highest BCUT2D eigenvalue weighted by molar-refractivity contribution is 7.77. The maximum Gasteiger partial charge on any atom is 0.519 e. The standard InChI is InChI=1S/C2H7NS.CHF3O/c1-3(2)4;2-1(3,4)5/h4H,1-2H3;5H. The van der Waals surface area contributed by atoms with Crippen LogP contribution in [0.5, 0.6) is 0 Å². The Kier molecular flexibility index (Phi) is 6.42. The molecule has 0 aromatic carbocycles.